The Balaban J connectivity index is 1.13. The van der Waals surface area contributed by atoms with E-state index in [1.807, 2.05) is 90.7 Å². The quantitative estimate of drug-likeness (QED) is 0.0801. The van der Waals surface area contributed by atoms with Crippen molar-refractivity contribution in [3.63, 3.8) is 0 Å². The third kappa shape index (κ3) is 8.77. The van der Waals surface area contributed by atoms with Gasteiger partial charge in [-0.05, 0) is 124 Å². The first-order valence-electron chi connectivity index (χ1n) is 19.3. The van der Waals surface area contributed by atoms with Crippen molar-refractivity contribution in [1.82, 2.24) is 0 Å². The monoisotopic (exact) mass is 854 g/mol. The van der Waals surface area contributed by atoms with Gasteiger partial charge in [-0.1, -0.05) is 52.4 Å². The molecule has 0 nitrogen and oxygen atoms in total. The van der Waals surface area contributed by atoms with E-state index in [0.717, 1.165) is 0 Å². The van der Waals surface area contributed by atoms with Gasteiger partial charge >= 0.3 is 0 Å². The van der Waals surface area contributed by atoms with Gasteiger partial charge in [0.05, 0.1) is 9.75 Å². The first-order chi connectivity index (χ1) is 26.4. The molecule has 0 radical (unpaired) electrons. The molecule has 0 unspecified atom stereocenters. The van der Waals surface area contributed by atoms with E-state index in [-0.39, 0.29) is 0 Å². The molecule has 0 atom stereocenters. The van der Waals surface area contributed by atoms with Crippen LogP contribution in [0.5, 0.6) is 0 Å². The number of hydrogen-bond acceptors (Lipinski definition) is 8. The molecule has 0 spiro atoms. The van der Waals surface area contributed by atoms with Crippen LogP contribution in [-0.2, 0) is 12.8 Å². The molecule has 54 heavy (non-hydrogen) atoms. The average Bonchev–Trinajstić information content (AvgIpc) is 4.00. The molecule has 278 valence electrons. The Kier molecular flexibility index (Phi) is 12.7. The minimum absolute atomic E-state index is 1.20. The van der Waals surface area contributed by atoms with Crippen LogP contribution in [0.4, 0.5) is 0 Å². The van der Waals surface area contributed by atoms with Crippen molar-refractivity contribution in [3.05, 3.63) is 104 Å². The number of thiophene rings is 8. The summed E-state index contributed by atoms with van der Waals surface area (Å²) in [5, 5.41) is 0. The Morgan fingerprint density at radius 1 is 0.333 bits per heavy atom. The molecule has 0 aromatic carbocycles. The molecule has 0 bridgehead atoms. The zero-order chi connectivity index (χ0) is 37.0. The van der Waals surface area contributed by atoms with Crippen LogP contribution in [-0.4, -0.2) is 0 Å². The third-order valence-electron chi connectivity index (χ3n) is 9.73. The molecule has 0 amide bonds. The van der Waals surface area contributed by atoms with E-state index in [0.29, 0.717) is 0 Å². The van der Waals surface area contributed by atoms with E-state index in [2.05, 4.69) is 113 Å². The third-order valence-corrected chi connectivity index (χ3v) is 19.5. The van der Waals surface area contributed by atoms with Gasteiger partial charge in [0.2, 0.25) is 0 Å². The predicted octanol–water partition coefficient (Wildman–Crippen LogP) is 18.7. The standard InChI is InChI=1S/C46H46S8/c1-5-7-9-11-13-31-16-19-38(49-31)41-23-21-35(51-41)33-27-30(4)48-45(33)46-34(28-44(54-46)43-26-25-40(53-43)37-18-15-29(3)47-37)36-22-24-42(52-36)39-20-17-32(50-39)14-12-10-8-6-2/h15-28H,5-14H2,1-4H3. The fourth-order valence-electron chi connectivity index (χ4n) is 6.87. The van der Waals surface area contributed by atoms with Gasteiger partial charge in [0.25, 0.3) is 0 Å². The van der Waals surface area contributed by atoms with Crippen molar-refractivity contribution >= 4 is 90.7 Å². The van der Waals surface area contributed by atoms with E-state index >= 15 is 0 Å². The molecule has 8 aromatic heterocycles. The summed E-state index contributed by atoms with van der Waals surface area (Å²) in [5.74, 6) is 0. The maximum Gasteiger partial charge on any atom is 0.0542 e. The number of hydrogen-bond donors (Lipinski definition) is 0. The maximum atomic E-state index is 2.49. The molecular weight excluding hydrogens is 809 g/mol. The first-order valence-corrected chi connectivity index (χ1v) is 25.8. The van der Waals surface area contributed by atoms with Crippen molar-refractivity contribution in [3.8, 4) is 69.7 Å². The highest BCUT2D eigenvalue weighted by molar-refractivity contribution is 7.30. The van der Waals surface area contributed by atoms with Gasteiger partial charge in [-0.25, -0.2) is 0 Å². The van der Waals surface area contributed by atoms with Gasteiger partial charge in [-0.2, -0.15) is 0 Å². The van der Waals surface area contributed by atoms with E-state index in [9.17, 15) is 0 Å². The Labute approximate surface area is 353 Å². The van der Waals surface area contributed by atoms with Crippen molar-refractivity contribution < 1.29 is 0 Å². The lowest BCUT2D eigenvalue weighted by Crippen LogP contribution is -1.80. The highest BCUT2D eigenvalue weighted by Crippen LogP contribution is 2.53. The molecule has 8 aromatic rings. The summed E-state index contributed by atoms with van der Waals surface area (Å²) in [5.41, 5.74) is 2.75. The molecule has 0 saturated heterocycles. The van der Waals surface area contributed by atoms with Gasteiger partial charge in [0.15, 0.2) is 0 Å². The molecule has 8 heteroatoms. The van der Waals surface area contributed by atoms with Gasteiger partial charge in [-0.3, -0.25) is 0 Å². The number of aryl methyl sites for hydroxylation is 4. The van der Waals surface area contributed by atoms with Crippen molar-refractivity contribution in [2.45, 2.75) is 91.9 Å². The lowest BCUT2D eigenvalue weighted by molar-refractivity contribution is 0.670. The normalized spacial score (nSPS) is 11.7. The Morgan fingerprint density at radius 3 is 1.30 bits per heavy atom. The second-order valence-electron chi connectivity index (χ2n) is 14.0. The minimum atomic E-state index is 1.20. The van der Waals surface area contributed by atoms with E-state index in [4.69, 9.17) is 0 Å². The Bertz CT molecular complexity index is 2420. The molecule has 0 saturated carbocycles. The fraction of sp³-hybridized carbons (Fsp3) is 0.304. The van der Waals surface area contributed by atoms with E-state index in [1.54, 1.807) is 0 Å². The highest BCUT2D eigenvalue weighted by Gasteiger charge is 2.23. The lowest BCUT2D eigenvalue weighted by atomic mass is 10.1. The minimum Gasteiger partial charge on any atom is -0.140 e. The molecule has 0 N–H and O–H groups in total. The second-order valence-corrected chi connectivity index (χ2v) is 23.2. The molecule has 8 rings (SSSR count). The Morgan fingerprint density at radius 2 is 0.759 bits per heavy atom. The zero-order valence-corrected chi connectivity index (χ0v) is 38.0. The van der Waals surface area contributed by atoms with E-state index < -0.39 is 0 Å². The molecular formula is C46H46S8. The van der Waals surface area contributed by atoms with Crippen LogP contribution in [0.25, 0.3) is 69.7 Å². The van der Waals surface area contributed by atoms with Crippen LogP contribution in [0.15, 0.2) is 84.9 Å². The van der Waals surface area contributed by atoms with Crippen molar-refractivity contribution in [2.75, 3.05) is 0 Å². The molecule has 0 aliphatic heterocycles. The summed E-state index contributed by atoms with van der Waals surface area (Å²) in [6.45, 7) is 9.06. The van der Waals surface area contributed by atoms with Crippen LogP contribution >= 0.6 is 90.7 Å². The van der Waals surface area contributed by atoms with Crippen LogP contribution in [0.2, 0.25) is 0 Å². The fourth-order valence-corrected chi connectivity index (χ4v) is 15.7. The van der Waals surface area contributed by atoms with Gasteiger partial charge in [0, 0.05) is 79.4 Å². The molecule has 0 aliphatic rings. The Hall–Kier alpha value is -2.40. The maximum absolute atomic E-state index is 2.49. The molecule has 0 aliphatic carbocycles. The topological polar surface area (TPSA) is 0 Å². The highest BCUT2D eigenvalue weighted by atomic mass is 32.1. The number of rotatable bonds is 17. The van der Waals surface area contributed by atoms with Gasteiger partial charge in [-0.15, -0.1) is 90.7 Å². The van der Waals surface area contributed by atoms with Crippen LogP contribution in [0, 0.1) is 13.8 Å². The molecule has 0 fully saturated rings. The van der Waals surface area contributed by atoms with Crippen LogP contribution in [0.1, 0.15) is 84.7 Å². The smallest absolute Gasteiger partial charge is 0.0542 e. The summed E-state index contributed by atoms with van der Waals surface area (Å²) >= 11 is 15.6. The summed E-state index contributed by atoms with van der Waals surface area (Å²) in [6.07, 6.45) is 12.9. The SMILES string of the molecule is CCCCCCc1ccc(-c2ccc(-c3cc(C)sc3-c3sc(-c4ccc(-c5ccc(C)s5)s4)cc3-c3ccc(-c4ccc(CCCCCC)s4)s3)s2)s1. The lowest BCUT2D eigenvalue weighted by Gasteiger charge is -2.03. The van der Waals surface area contributed by atoms with Gasteiger partial charge in [0.1, 0.15) is 0 Å². The van der Waals surface area contributed by atoms with Crippen molar-refractivity contribution in [1.29, 1.82) is 0 Å². The average molecular weight is 855 g/mol. The zero-order valence-electron chi connectivity index (χ0n) is 31.4. The summed E-state index contributed by atoms with van der Waals surface area (Å²) < 4.78 is 0. The summed E-state index contributed by atoms with van der Waals surface area (Å²) in [7, 11) is 0. The summed E-state index contributed by atoms with van der Waals surface area (Å²) in [4.78, 5) is 22.3. The first kappa shape index (κ1) is 38.5. The van der Waals surface area contributed by atoms with Crippen LogP contribution < -0.4 is 0 Å². The second kappa shape index (κ2) is 17.8. The van der Waals surface area contributed by atoms with Crippen molar-refractivity contribution in [2.24, 2.45) is 0 Å². The number of unbranched alkanes of at least 4 members (excludes halogenated alkanes) is 6. The molecule has 8 heterocycles. The van der Waals surface area contributed by atoms with Crippen LogP contribution in [0.3, 0.4) is 0 Å². The predicted molar refractivity (Wildman–Crippen MR) is 253 cm³/mol. The summed E-state index contributed by atoms with van der Waals surface area (Å²) in [6, 6.07) is 33.0. The van der Waals surface area contributed by atoms with E-state index in [1.165, 1.54) is 153 Å². The van der Waals surface area contributed by atoms with Gasteiger partial charge < -0.3 is 0 Å². The largest absolute Gasteiger partial charge is 0.140 e.